The van der Waals surface area contributed by atoms with Gasteiger partial charge in [0.1, 0.15) is 0 Å². The first-order valence-corrected chi connectivity index (χ1v) is 10.5. The number of nitrogens with zero attached hydrogens (tertiary/aromatic N) is 2. The van der Waals surface area contributed by atoms with Crippen molar-refractivity contribution in [2.24, 2.45) is 5.73 Å². The summed E-state index contributed by atoms with van der Waals surface area (Å²) in [4.78, 5) is 21.7. The van der Waals surface area contributed by atoms with Crippen LogP contribution in [0, 0.1) is 10.1 Å². The van der Waals surface area contributed by atoms with Gasteiger partial charge in [-0.1, -0.05) is 35.3 Å². The zero-order chi connectivity index (χ0) is 22.1. The molecule has 0 saturated carbocycles. The molecular weight excluding hydrogens is 453 g/mol. The maximum atomic E-state index is 13.5. The lowest BCUT2D eigenvalue weighted by Crippen LogP contribution is -2.27. The molecule has 1 amide bonds. The number of rotatable bonds is 6. The lowest BCUT2D eigenvalue weighted by molar-refractivity contribution is -0.385. The molecule has 0 heterocycles. The Bertz CT molecular complexity index is 1260. The van der Waals surface area contributed by atoms with Gasteiger partial charge in [-0.05, 0) is 42.5 Å². The molecule has 2 N–H and O–H groups in total. The van der Waals surface area contributed by atoms with Gasteiger partial charge in [0.05, 0.1) is 31.2 Å². The van der Waals surface area contributed by atoms with E-state index in [2.05, 4.69) is 0 Å². The Morgan fingerprint density at radius 3 is 2.23 bits per heavy atom. The molecule has 0 unspecified atom stereocenters. The molecule has 0 saturated heterocycles. The fourth-order valence-electron chi connectivity index (χ4n) is 2.69. The molecule has 3 aromatic carbocycles. The molecular formula is C19H13Cl2N3O5S. The van der Waals surface area contributed by atoms with Crippen LogP contribution in [0.15, 0.2) is 71.6 Å². The number of nitro benzene ring substituents is 1. The van der Waals surface area contributed by atoms with Gasteiger partial charge < -0.3 is 5.73 Å². The molecule has 30 heavy (non-hydrogen) atoms. The van der Waals surface area contributed by atoms with Crippen LogP contribution in [-0.4, -0.2) is 19.2 Å². The number of non-ortho nitro benzene ring substituents is 1. The van der Waals surface area contributed by atoms with E-state index in [4.69, 9.17) is 28.9 Å². The number of hydrogen-bond donors (Lipinski definition) is 1. The van der Waals surface area contributed by atoms with Crippen LogP contribution in [0.3, 0.4) is 0 Å². The van der Waals surface area contributed by atoms with Crippen molar-refractivity contribution >= 4 is 56.2 Å². The van der Waals surface area contributed by atoms with Gasteiger partial charge in [-0.25, -0.2) is 12.7 Å². The summed E-state index contributed by atoms with van der Waals surface area (Å²) in [5.74, 6) is -0.751. The van der Waals surface area contributed by atoms with Crippen molar-refractivity contribution < 1.29 is 18.1 Å². The summed E-state index contributed by atoms with van der Waals surface area (Å²) in [5.41, 5.74) is 5.19. The molecule has 154 valence electrons. The van der Waals surface area contributed by atoms with Gasteiger partial charge in [0.15, 0.2) is 0 Å². The monoisotopic (exact) mass is 465 g/mol. The number of carbonyl (C=O) groups excluding carboxylic acids is 1. The Kier molecular flexibility index (Phi) is 5.97. The second-order valence-electron chi connectivity index (χ2n) is 6.04. The first-order chi connectivity index (χ1) is 14.1. The van der Waals surface area contributed by atoms with Crippen molar-refractivity contribution in [3.05, 3.63) is 92.5 Å². The second kappa shape index (κ2) is 8.31. The van der Waals surface area contributed by atoms with Gasteiger partial charge >= 0.3 is 0 Å². The average molecular weight is 466 g/mol. The number of hydrogen-bond acceptors (Lipinski definition) is 5. The summed E-state index contributed by atoms with van der Waals surface area (Å²) >= 11 is 12.0. The number of anilines is 2. The highest BCUT2D eigenvalue weighted by atomic mass is 35.5. The number of primary amides is 1. The molecule has 3 rings (SSSR count). The minimum atomic E-state index is -4.36. The minimum Gasteiger partial charge on any atom is -0.366 e. The third kappa shape index (κ3) is 4.23. The van der Waals surface area contributed by atoms with Crippen molar-refractivity contribution in [1.29, 1.82) is 0 Å². The predicted molar refractivity (Wildman–Crippen MR) is 114 cm³/mol. The molecule has 0 aliphatic rings. The normalized spacial score (nSPS) is 11.1. The van der Waals surface area contributed by atoms with E-state index >= 15 is 0 Å². The third-order valence-electron chi connectivity index (χ3n) is 4.07. The van der Waals surface area contributed by atoms with E-state index in [9.17, 15) is 23.3 Å². The first kappa shape index (κ1) is 21.6. The van der Waals surface area contributed by atoms with Crippen molar-refractivity contribution in [3.8, 4) is 0 Å². The van der Waals surface area contributed by atoms with E-state index in [0.717, 1.165) is 10.4 Å². The Morgan fingerprint density at radius 2 is 1.60 bits per heavy atom. The Balaban J connectivity index is 2.27. The van der Waals surface area contributed by atoms with E-state index in [0.29, 0.717) is 0 Å². The van der Waals surface area contributed by atoms with Gasteiger partial charge in [0.25, 0.3) is 15.7 Å². The van der Waals surface area contributed by atoms with E-state index < -0.39 is 26.5 Å². The number of sulfonamides is 1. The van der Waals surface area contributed by atoms with Gasteiger partial charge in [0, 0.05) is 17.7 Å². The van der Waals surface area contributed by atoms with Crippen LogP contribution < -0.4 is 10.0 Å². The van der Waals surface area contributed by atoms with Gasteiger partial charge in [0.2, 0.25) is 5.91 Å². The topological polar surface area (TPSA) is 124 Å². The van der Waals surface area contributed by atoms with Crippen molar-refractivity contribution in [3.63, 3.8) is 0 Å². The maximum Gasteiger partial charge on any atom is 0.270 e. The van der Waals surface area contributed by atoms with Crippen molar-refractivity contribution in [2.75, 3.05) is 4.31 Å². The van der Waals surface area contributed by atoms with Gasteiger partial charge in [-0.2, -0.15) is 0 Å². The zero-order valence-corrected chi connectivity index (χ0v) is 17.4. The Labute approximate surface area is 181 Å². The number of amides is 1. The predicted octanol–water partition coefficient (Wildman–Crippen LogP) is 4.53. The zero-order valence-electron chi connectivity index (χ0n) is 15.0. The molecule has 0 spiro atoms. The summed E-state index contributed by atoms with van der Waals surface area (Å²) in [6, 6.07) is 14.4. The average Bonchev–Trinajstić information content (AvgIpc) is 2.71. The van der Waals surface area contributed by atoms with Crippen LogP contribution in [0.2, 0.25) is 10.0 Å². The van der Waals surface area contributed by atoms with E-state index in [1.54, 1.807) is 0 Å². The fourth-order valence-corrected chi connectivity index (χ4v) is 4.49. The second-order valence-corrected chi connectivity index (χ2v) is 8.64. The lowest BCUT2D eigenvalue weighted by Gasteiger charge is -2.25. The smallest absolute Gasteiger partial charge is 0.270 e. The molecule has 0 atom stereocenters. The van der Waals surface area contributed by atoms with Crippen molar-refractivity contribution in [1.82, 2.24) is 0 Å². The Hall–Kier alpha value is -3.14. The molecule has 0 radical (unpaired) electrons. The first-order valence-electron chi connectivity index (χ1n) is 8.26. The number of nitro groups is 1. The molecule has 8 nitrogen and oxygen atoms in total. The largest absolute Gasteiger partial charge is 0.366 e. The minimum absolute atomic E-state index is 0.0757. The number of nitrogens with two attached hydrogens (primary N) is 1. The standard InChI is InChI=1S/C19H13Cl2N3O5S/c20-17-8-7-14(11-18(17)21)23(13-4-1-3-12(9-13)19(22)25)30(28,29)16-6-2-5-15(10-16)24(26)27/h1-11H,(H2,22,25). The molecule has 3 aromatic rings. The molecule has 0 aliphatic heterocycles. The Morgan fingerprint density at radius 1 is 0.933 bits per heavy atom. The molecule has 0 fully saturated rings. The number of benzene rings is 3. The summed E-state index contributed by atoms with van der Waals surface area (Å²) < 4.78 is 27.9. The van der Waals surface area contributed by atoms with Crippen LogP contribution in [-0.2, 0) is 10.0 Å². The molecule has 11 heteroatoms. The summed E-state index contributed by atoms with van der Waals surface area (Å²) in [6.45, 7) is 0. The lowest BCUT2D eigenvalue weighted by atomic mass is 10.2. The van der Waals surface area contributed by atoms with Crippen LogP contribution in [0.5, 0.6) is 0 Å². The highest BCUT2D eigenvalue weighted by Crippen LogP contribution is 2.36. The van der Waals surface area contributed by atoms with Gasteiger partial charge in [-0.15, -0.1) is 0 Å². The SMILES string of the molecule is NC(=O)c1cccc(N(c2ccc(Cl)c(Cl)c2)S(=O)(=O)c2cccc([N+](=O)[O-])c2)c1. The summed E-state index contributed by atoms with van der Waals surface area (Å²) in [7, 11) is -4.36. The fraction of sp³-hybridized carbons (Fsp3) is 0. The number of carbonyl (C=O) groups is 1. The van der Waals surface area contributed by atoms with Crippen LogP contribution in [0.4, 0.5) is 17.1 Å². The van der Waals surface area contributed by atoms with E-state index in [-0.39, 0.29) is 31.9 Å². The van der Waals surface area contributed by atoms with Crippen LogP contribution >= 0.6 is 23.2 Å². The third-order valence-corrected chi connectivity index (χ3v) is 6.56. The summed E-state index contributed by atoms with van der Waals surface area (Å²) in [5, 5.41) is 11.4. The van der Waals surface area contributed by atoms with Crippen LogP contribution in [0.25, 0.3) is 0 Å². The van der Waals surface area contributed by atoms with Gasteiger partial charge in [-0.3, -0.25) is 14.9 Å². The van der Waals surface area contributed by atoms with Crippen LogP contribution in [0.1, 0.15) is 10.4 Å². The van der Waals surface area contributed by atoms with E-state index in [1.165, 1.54) is 60.7 Å². The van der Waals surface area contributed by atoms with E-state index in [1.807, 2.05) is 0 Å². The highest BCUT2D eigenvalue weighted by molar-refractivity contribution is 7.93. The maximum absolute atomic E-state index is 13.5. The van der Waals surface area contributed by atoms with Crippen molar-refractivity contribution in [2.45, 2.75) is 4.90 Å². The highest BCUT2D eigenvalue weighted by Gasteiger charge is 2.29. The molecule has 0 bridgehead atoms. The summed E-state index contributed by atoms with van der Waals surface area (Å²) in [6.07, 6.45) is 0. The number of halogens is 2. The quantitative estimate of drug-likeness (QED) is 0.422. The molecule has 0 aliphatic carbocycles. The molecule has 0 aromatic heterocycles.